The Morgan fingerprint density at radius 3 is 2.38 bits per heavy atom. The number of primary amides is 1. The van der Waals surface area contributed by atoms with Crippen molar-refractivity contribution < 1.29 is 4.79 Å². The topological polar surface area (TPSA) is 46.3 Å². The molecule has 2 N–H and O–H groups in total. The molecule has 0 bridgehead atoms. The molecule has 0 aliphatic carbocycles. The SMILES string of the molecule is NC(=O)C1CN(S)C1. The molecule has 0 spiro atoms. The fourth-order valence-corrected chi connectivity index (χ4v) is 1.03. The second-order valence-corrected chi connectivity index (χ2v) is 2.54. The standard InChI is InChI=1S/C4H8N2OS/c5-4(7)3-1-6(8)2-3/h3,8H,1-2H2,(H2,5,7). The van der Waals surface area contributed by atoms with Crippen LogP contribution in [0.1, 0.15) is 0 Å². The molecular weight excluding hydrogens is 124 g/mol. The van der Waals surface area contributed by atoms with Crippen molar-refractivity contribution in [2.75, 3.05) is 13.1 Å². The molecule has 1 amide bonds. The number of carbonyl (C=O) groups is 1. The van der Waals surface area contributed by atoms with E-state index in [1.165, 1.54) is 0 Å². The van der Waals surface area contributed by atoms with Gasteiger partial charge in [0.1, 0.15) is 0 Å². The number of hydrogen-bond donors (Lipinski definition) is 2. The normalized spacial score (nSPS) is 22.6. The van der Waals surface area contributed by atoms with E-state index in [0.29, 0.717) is 13.1 Å². The predicted octanol–water partition coefficient (Wildman–Crippen LogP) is -0.752. The number of nitrogens with two attached hydrogens (primary N) is 1. The van der Waals surface area contributed by atoms with E-state index in [1.807, 2.05) is 0 Å². The lowest BCUT2D eigenvalue weighted by Crippen LogP contribution is -2.47. The van der Waals surface area contributed by atoms with Crippen molar-refractivity contribution in [1.29, 1.82) is 0 Å². The summed E-state index contributed by atoms with van der Waals surface area (Å²) in [7, 11) is 0. The zero-order valence-electron chi connectivity index (χ0n) is 4.37. The summed E-state index contributed by atoms with van der Waals surface area (Å²) in [6.45, 7) is 1.41. The number of carbonyl (C=O) groups excluding carboxylic acids is 1. The van der Waals surface area contributed by atoms with Gasteiger partial charge in [-0.3, -0.25) is 9.10 Å². The Hall–Kier alpha value is -0.220. The van der Waals surface area contributed by atoms with E-state index in [0.717, 1.165) is 0 Å². The maximum absolute atomic E-state index is 10.3. The highest BCUT2D eigenvalue weighted by molar-refractivity contribution is 7.77. The van der Waals surface area contributed by atoms with Crippen LogP contribution in [0.15, 0.2) is 0 Å². The number of thiol groups is 1. The molecule has 46 valence electrons. The first kappa shape index (κ1) is 5.91. The van der Waals surface area contributed by atoms with Crippen molar-refractivity contribution >= 4 is 18.7 Å². The van der Waals surface area contributed by atoms with Crippen molar-refractivity contribution in [2.24, 2.45) is 11.7 Å². The molecule has 8 heavy (non-hydrogen) atoms. The van der Waals surface area contributed by atoms with Crippen LogP contribution in [0, 0.1) is 5.92 Å². The summed E-state index contributed by atoms with van der Waals surface area (Å²) in [5, 5.41) is 0. The Bertz CT molecular complexity index is 111. The summed E-state index contributed by atoms with van der Waals surface area (Å²) in [5.41, 5.74) is 4.96. The monoisotopic (exact) mass is 132 g/mol. The van der Waals surface area contributed by atoms with Gasteiger partial charge in [0, 0.05) is 13.1 Å². The van der Waals surface area contributed by atoms with E-state index in [1.54, 1.807) is 4.31 Å². The maximum Gasteiger partial charge on any atom is 0.223 e. The molecule has 3 nitrogen and oxygen atoms in total. The quantitative estimate of drug-likeness (QED) is 0.461. The van der Waals surface area contributed by atoms with Crippen LogP contribution >= 0.6 is 12.8 Å². The Morgan fingerprint density at radius 1 is 1.75 bits per heavy atom. The molecule has 1 rings (SSSR count). The van der Waals surface area contributed by atoms with E-state index in [-0.39, 0.29) is 11.8 Å². The minimum atomic E-state index is -0.213. The zero-order valence-corrected chi connectivity index (χ0v) is 5.27. The van der Waals surface area contributed by atoms with Crippen LogP contribution in [0.25, 0.3) is 0 Å². The molecule has 4 heteroatoms. The van der Waals surface area contributed by atoms with E-state index in [9.17, 15) is 4.79 Å². The molecule has 1 heterocycles. The molecule has 0 aromatic heterocycles. The van der Waals surface area contributed by atoms with Crippen molar-refractivity contribution in [3.8, 4) is 0 Å². The lowest BCUT2D eigenvalue weighted by atomic mass is 10.0. The van der Waals surface area contributed by atoms with E-state index >= 15 is 0 Å². The molecule has 0 unspecified atom stereocenters. The van der Waals surface area contributed by atoms with Crippen LogP contribution in [0.3, 0.4) is 0 Å². The summed E-state index contributed by atoms with van der Waals surface area (Å²) in [4.78, 5) is 10.3. The number of nitrogens with zero attached hydrogens (tertiary/aromatic N) is 1. The molecule has 0 aromatic rings. The van der Waals surface area contributed by atoms with E-state index in [2.05, 4.69) is 12.8 Å². The second kappa shape index (κ2) is 1.95. The number of rotatable bonds is 1. The molecule has 0 atom stereocenters. The molecule has 0 radical (unpaired) electrons. The first-order valence-electron chi connectivity index (χ1n) is 2.43. The number of amides is 1. The van der Waals surface area contributed by atoms with Gasteiger partial charge < -0.3 is 5.73 Å². The van der Waals surface area contributed by atoms with Crippen molar-refractivity contribution in [1.82, 2.24) is 4.31 Å². The lowest BCUT2D eigenvalue weighted by molar-refractivity contribution is -0.124. The number of hydrogen-bond acceptors (Lipinski definition) is 3. The van der Waals surface area contributed by atoms with Gasteiger partial charge in [0.05, 0.1) is 5.92 Å². The van der Waals surface area contributed by atoms with Crippen LogP contribution in [0.5, 0.6) is 0 Å². The molecule has 1 saturated heterocycles. The third-order valence-corrected chi connectivity index (χ3v) is 1.59. The maximum atomic E-state index is 10.3. The highest BCUT2D eigenvalue weighted by Gasteiger charge is 2.28. The summed E-state index contributed by atoms with van der Waals surface area (Å²) >= 11 is 3.96. The molecular formula is C4H8N2OS. The summed E-state index contributed by atoms with van der Waals surface area (Å²) < 4.78 is 1.76. The van der Waals surface area contributed by atoms with Gasteiger partial charge in [0.2, 0.25) is 5.91 Å². The fraction of sp³-hybridized carbons (Fsp3) is 0.750. The summed E-state index contributed by atoms with van der Waals surface area (Å²) in [6, 6.07) is 0. The Labute approximate surface area is 53.4 Å². The van der Waals surface area contributed by atoms with Crippen LogP contribution < -0.4 is 5.73 Å². The van der Waals surface area contributed by atoms with Crippen LogP contribution in [-0.4, -0.2) is 23.3 Å². The minimum Gasteiger partial charge on any atom is -0.369 e. The van der Waals surface area contributed by atoms with Gasteiger partial charge in [-0.15, -0.1) is 0 Å². The molecule has 1 aliphatic heterocycles. The smallest absolute Gasteiger partial charge is 0.223 e. The van der Waals surface area contributed by atoms with Gasteiger partial charge in [0.15, 0.2) is 0 Å². The van der Waals surface area contributed by atoms with Gasteiger partial charge in [-0.25, -0.2) is 0 Å². The van der Waals surface area contributed by atoms with Crippen LogP contribution in [0.4, 0.5) is 0 Å². The van der Waals surface area contributed by atoms with Crippen molar-refractivity contribution in [3.05, 3.63) is 0 Å². The van der Waals surface area contributed by atoms with Gasteiger partial charge in [-0.2, -0.15) is 0 Å². The first-order valence-corrected chi connectivity index (χ1v) is 2.83. The van der Waals surface area contributed by atoms with E-state index in [4.69, 9.17) is 5.73 Å². The average molecular weight is 132 g/mol. The highest BCUT2D eigenvalue weighted by Crippen LogP contribution is 2.15. The fourth-order valence-electron chi connectivity index (χ4n) is 0.635. The zero-order chi connectivity index (χ0) is 6.15. The molecule has 1 fully saturated rings. The summed E-state index contributed by atoms with van der Waals surface area (Å²) in [5.74, 6) is -0.164. The van der Waals surface area contributed by atoms with Crippen molar-refractivity contribution in [2.45, 2.75) is 0 Å². The Kier molecular flexibility index (Phi) is 1.44. The predicted molar refractivity (Wildman–Crippen MR) is 33.2 cm³/mol. The van der Waals surface area contributed by atoms with Gasteiger partial charge in [-0.05, 0) is 0 Å². The van der Waals surface area contributed by atoms with E-state index < -0.39 is 0 Å². The van der Waals surface area contributed by atoms with Gasteiger partial charge in [0.25, 0.3) is 0 Å². The van der Waals surface area contributed by atoms with Crippen LogP contribution in [-0.2, 0) is 4.79 Å². The Balaban J connectivity index is 2.25. The minimum absolute atomic E-state index is 0.0486. The van der Waals surface area contributed by atoms with Gasteiger partial charge >= 0.3 is 0 Å². The molecule has 0 saturated carbocycles. The Morgan fingerprint density at radius 2 is 2.25 bits per heavy atom. The lowest BCUT2D eigenvalue weighted by Gasteiger charge is -2.32. The largest absolute Gasteiger partial charge is 0.369 e. The van der Waals surface area contributed by atoms with Crippen LogP contribution in [0.2, 0.25) is 0 Å². The molecule has 1 aliphatic rings. The third-order valence-electron chi connectivity index (χ3n) is 1.26. The average Bonchev–Trinajstić information content (AvgIpc) is 1.57. The van der Waals surface area contributed by atoms with Gasteiger partial charge in [-0.1, -0.05) is 12.8 Å². The molecule has 0 aromatic carbocycles. The second-order valence-electron chi connectivity index (χ2n) is 1.97. The summed E-state index contributed by atoms with van der Waals surface area (Å²) in [6.07, 6.45) is 0. The van der Waals surface area contributed by atoms with Crippen molar-refractivity contribution in [3.63, 3.8) is 0 Å². The first-order chi connectivity index (χ1) is 3.70. The third kappa shape index (κ3) is 0.952. The highest BCUT2D eigenvalue weighted by atomic mass is 32.1.